The first-order valence-electron chi connectivity index (χ1n) is 8.61. The fourth-order valence-electron chi connectivity index (χ4n) is 3.91. The van der Waals surface area contributed by atoms with Crippen molar-refractivity contribution in [2.45, 2.75) is 52.2 Å². The zero-order chi connectivity index (χ0) is 16.3. The number of aldehydes is 1. The van der Waals surface area contributed by atoms with Gasteiger partial charge in [0.25, 0.3) is 0 Å². The minimum atomic E-state index is 0.201. The number of hydrogen-bond donors (Lipinski definition) is 0. The molecule has 0 heterocycles. The van der Waals surface area contributed by atoms with Crippen molar-refractivity contribution >= 4 is 17.1 Å². The average Bonchev–Trinajstić information content (AvgIpc) is 2.54. The molecule has 0 radical (unpaired) electrons. The van der Waals surface area contributed by atoms with Crippen molar-refractivity contribution in [1.82, 2.24) is 0 Å². The molecule has 0 aromatic heterocycles. The maximum atomic E-state index is 11.0. The van der Waals surface area contributed by atoms with Gasteiger partial charge >= 0.3 is 0 Å². The molecular weight excluding hydrogens is 284 g/mol. The lowest BCUT2D eigenvalue weighted by molar-refractivity contribution is -0.112. The quantitative estimate of drug-likeness (QED) is 0.715. The van der Waals surface area contributed by atoms with E-state index in [0.717, 1.165) is 19.1 Å². The van der Waals surface area contributed by atoms with Crippen molar-refractivity contribution in [3.8, 4) is 0 Å². The van der Waals surface area contributed by atoms with Crippen molar-refractivity contribution in [2.24, 2.45) is 11.3 Å². The zero-order valence-electron chi connectivity index (χ0n) is 14.1. The third-order valence-electron chi connectivity index (χ3n) is 5.18. The van der Waals surface area contributed by atoms with E-state index in [1.165, 1.54) is 22.8 Å². The molecule has 0 spiro atoms. The fourth-order valence-corrected chi connectivity index (χ4v) is 3.91. The summed E-state index contributed by atoms with van der Waals surface area (Å²) in [5, 5.41) is 2.51. The Balaban J connectivity index is 1.72. The van der Waals surface area contributed by atoms with E-state index in [2.05, 4.69) is 56.3 Å². The van der Waals surface area contributed by atoms with E-state index in [1.54, 1.807) is 0 Å². The summed E-state index contributed by atoms with van der Waals surface area (Å²) in [6.45, 7) is 5.22. The van der Waals surface area contributed by atoms with Crippen LogP contribution in [0.25, 0.3) is 10.8 Å². The molecule has 2 aromatic carbocycles. The summed E-state index contributed by atoms with van der Waals surface area (Å²) in [5.74, 6) is 0.353. The maximum absolute atomic E-state index is 11.0. The van der Waals surface area contributed by atoms with Crippen molar-refractivity contribution in [3.63, 3.8) is 0 Å². The molecule has 2 atom stereocenters. The molecule has 0 bridgehead atoms. The van der Waals surface area contributed by atoms with Crippen LogP contribution in [-0.2, 0) is 16.1 Å². The number of fused-ring (bicyclic) bond motifs is 1. The second-order valence-corrected chi connectivity index (χ2v) is 7.56. The monoisotopic (exact) mass is 310 g/mol. The second-order valence-electron chi connectivity index (χ2n) is 7.56. The first-order chi connectivity index (χ1) is 11.1. The number of hydrogen-bond acceptors (Lipinski definition) is 2. The smallest absolute Gasteiger partial charge is 0.120 e. The Labute approximate surface area is 138 Å². The fraction of sp³-hybridized carbons (Fsp3) is 0.476. The third kappa shape index (κ3) is 3.81. The van der Waals surface area contributed by atoms with E-state index in [-0.39, 0.29) is 6.10 Å². The average molecular weight is 310 g/mol. The summed E-state index contributed by atoms with van der Waals surface area (Å²) in [7, 11) is 0. The summed E-state index contributed by atoms with van der Waals surface area (Å²) >= 11 is 0. The van der Waals surface area contributed by atoms with Gasteiger partial charge in [-0.25, -0.2) is 0 Å². The van der Waals surface area contributed by atoms with Gasteiger partial charge in [0.1, 0.15) is 6.29 Å². The molecule has 0 saturated heterocycles. The molecule has 0 N–H and O–H groups in total. The molecule has 1 aliphatic carbocycles. The Morgan fingerprint density at radius 1 is 1.17 bits per heavy atom. The molecule has 1 saturated carbocycles. The van der Waals surface area contributed by atoms with Gasteiger partial charge < -0.3 is 9.53 Å². The summed E-state index contributed by atoms with van der Waals surface area (Å²) < 4.78 is 6.28. The maximum Gasteiger partial charge on any atom is 0.120 e. The molecule has 1 aliphatic rings. The molecule has 2 aromatic rings. The van der Waals surface area contributed by atoms with Gasteiger partial charge in [0.05, 0.1) is 12.7 Å². The van der Waals surface area contributed by atoms with Crippen LogP contribution in [0.1, 0.15) is 45.1 Å². The molecule has 3 rings (SSSR count). The minimum absolute atomic E-state index is 0.201. The number of ether oxygens (including phenoxy) is 1. The summed E-state index contributed by atoms with van der Waals surface area (Å²) in [4.78, 5) is 11.0. The topological polar surface area (TPSA) is 26.3 Å². The van der Waals surface area contributed by atoms with E-state index in [0.29, 0.717) is 24.4 Å². The van der Waals surface area contributed by atoms with Gasteiger partial charge in [-0.15, -0.1) is 0 Å². The van der Waals surface area contributed by atoms with Gasteiger partial charge in [-0.1, -0.05) is 56.3 Å². The van der Waals surface area contributed by atoms with Gasteiger partial charge in [-0.05, 0) is 46.9 Å². The van der Waals surface area contributed by atoms with Gasteiger partial charge in [0.2, 0.25) is 0 Å². The number of carbonyl (C=O) groups excluding carboxylic acids is 1. The van der Waals surface area contributed by atoms with Gasteiger partial charge in [0.15, 0.2) is 0 Å². The lowest BCUT2D eigenvalue weighted by Gasteiger charge is -2.40. The molecule has 0 amide bonds. The third-order valence-corrected chi connectivity index (χ3v) is 5.18. The van der Waals surface area contributed by atoms with E-state index in [1.807, 2.05) is 0 Å². The van der Waals surface area contributed by atoms with Gasteiger partial charge in [-0.3, -0.25) is 0 Å². The molecule has 2 heteroatoms. The Kier molecular flexibility index (Phi) is 4.82. The number of rotatable bonds is 5. The largest absolute Gasteiger partial charge is 0.373 e. The van der Waals surface area contributed by atoms with Gasteiger partial charge in [-0.2, -0.15) is 0 Å². The predicted octanol–water partition coefficient (Wildman–Crippen LogP) is 5.14. The van der Waals surface area contributed by atoms with E-state index in [9.17, 15) is 4.79 Å². The molecule has 2 nitrogen and oxygen atoms in total. The van der Waals surface area contributed by atoms with Crippen LogP contribution in [0.15, 0.2) is 42.5 Å². The Morgan fingerprint density at radius 2 is 1.96 bits per heavy atom. The van der Waals surface area contributed by atoms with Crippen LogP contribution in [0.2, 0.25) is 0 Å². The lowest BCUT2D eigenvalue weighted by atomic mass is 9.70. The highest BCUT2D eigenvalue weighted by Gasteiger charge is 2.35. The SMILES string of the molecule is CC1(C)CC[C@@H](OCc2cccc3ccccc23)[C@H](CC=O)C1. The summed E-state index contributed by atoms with van der Waals surface area (Å²) in [6, 6.07) is 14.8. The van der Waals surface area contributed by atoms with Crippen LogP contribution in [0, 0.1) is 11.3 Å². The minimum Gasteiger partial charge on any atom is -0.373 e. The highest BCUT2D eigenvalue weighted by Crippen LogP contribution is 2.41. The molecule has 0 aliphatic heterocycles. The molecule has 0 unspecified atom stereocenters. The van der Waals surface area contributed by atoms with Crippen molar-refractivity contribution in [2.75, 3.05) is 0 Å². The Morgan fingerprint density at radius 3 is 2.78 bits per heavy atom. The number of benzene rings is 2. The molecule has 23 heavy (non-hydrogen) atoms. The first-order valence-corrected chi connectivity index (χ1v) is 8.61. The van der Waals surface area contributed by atoms with Crippen molar-refractivity contribution in [3.05, 3.63) is 48.0 Å². The van der Waals surface area contributed by atoms with Crippen molar-refractivity contribution in [1.29, 1.82) is 0 Å². The molecule has 1 fully saturated rings. The van der Waals surface area contributed by atoms with Crippen LogP contribution in [0.3, 0.4) is 0 Å². The first kappa shape index (κ1) is 16.2. The van der Waals surface area contributed by atoms with Crippen LogP contribution >= 0.6 is 0 Å². The Bertz CT molecular complexity index is 669. The molecule has 122 valence electrons. The Hall–Kier alpha value is -1.67. The standard InChI is InChI=1S/C21H26O2/c1-21(2)12-10-20(17(14-21)11-13-22)23-15-18-8-5-7-16-6-3-4-9-19(16)18/h3-9,13,17,20H,10-12,14-15H2,1-2H3/t17-,20-/m1/s1. The van der Waals surface area contributed by atoms with Crippen LogP contribution in [0.5, 0.6) is 0 Å². The van der Waals surface area contributed by atoms with E-state index < -0.39 is 0 Å². The van der Waals surface area contributed by atoms with Gasteiger partial charge in [0, 0.05) is 6.42 Å². The summed E-state index contributed by atoms with van der Waals surface area (Å²) in [6.07, 6.45) is 5.17. The normalized spacial score (nSPS) is 23.7. The van der Waals surface area contributed by atoms with Crippen LogP contribution in [-0.4, -0.2) is 12.4 Å². The molecular formula is C21H26O2. The summed E-state index contributed by atoms with van der Waals surface area (Å²) in [5.41, 5.74) is 1.56. The second kappa shape index (κ2) is 6.84. The number of carbonyl (C=O) groups is 1. The van der Waals surface area contributed by atoms with E-state index in [4.69, 9.17) is 4.74 Å². The van der Waals surface area contributed by atoms with Crippen LogP contribution < -0.4 is 0 Å². The van der Waals surface area contributed by atoms with E-state index >= 15 is 0 Å². The highest BCUT2D eigenvalue weighted by molar-refractivity contribution is 5.85. The van der Waals surface area contributed by atoms with Crippen LogP contribution in [0.4, 0.5) is 0 Å². The highest BCUT2D eigenvalue weighted by atomic mass is 16.5. The zero-order valence-corrected chi connectivity index (χ0v) is 14.1. The van der Waals surface area contributed by atoms with Crippen molar-refractivity contribution < 1.29 is 9.53 Å². The lowest BCUT2D eigenvalue weighted by Crippen LogP contribution is -2.35. The predicted molar refractivity (Wildman–Crippen MR) is 94.3 cm³/mol.